The van der Waals surface area contributed by atoms with Gasteiger partial charge in [0.05, 0.1) is 16.0 Å². The van der Waals surface area contributed by atoms with Crippen LogP contribution < -0.4 is 0 Å². The number of hydrogen-bond donors (Lipinski definition) is 0. The van der Waals surface area contributed by atoms with Crippen molar-refractivity contribution in [2.75, 3.05) is 5.75 Å². The van der Waals surface area contributed by atoms with E-state index in [9.17, 15) is 4.79 Å². The average molecular weight is 249 g/mol. The number of hydrogen-bond acceptors (Lipinski definition) is 4. The van der Waals surface area contributed by atoms with E-state index in [1.165, 1.54) is 4.70 Å². The number of rotatable bonds is 4. The van der Waals surface area contributed by atoms with Gasteiger partial charge in [-0.3, -0.25) is 4.79 Å². The number of thioether (sulfide) groups is 1. The van der Waals surface area contributed by atoms with E-state index in [-0.39, 0.29) is 0 Å². The van der Waals surface area contributed by atoms with Crippen molar-refractivity contribution in [3.05, 3.63) is 24.3 Å². The summed E-state index contributed by atoms with van der Waals surface area (Å²) in [5.74, 6) is 1.34. The fourth-order valence-corrected chi connectivity index (χ4v) is 3.61. The Labute approximate surface area is 102 Å². The van der Waals surface area contributed by atoms with Crippen LogP contribution in [0.5, 0.6) is 0 Å². The van der Waals surface area contributed by atoms with E-state index in [1.807, 2.05) is 18.2 Å². The van der Waals surface area contributed by atoms with Crippen molar-refractivity contribution in [2.45, 2.75) is 17.2 Å². The molecule has 2 aromatic rings. The van der Waals surface area contributed by atoms with E-state index in [2.05, 4.69) is 11.1 Å². The molecule has 1 saturated carbocycles. The van der Waals surface area contributed by atoms with E-state index in [0.717, 1.165) is 22.7 Å². The van der Waals surface area contributed by atoms with Crippen molar-refractivity contribution in [3.8, 4) is 0 Å². The van der Waals surface area contributed by atoms with E-state index in [4.69, 9.17) is 0 Å². The second kappa shape index (κ2) is 4.18. The Bertz CT molecular complexity index is 498. The summed E-state index contributed by atoms with van der Waals surface area (Å²) in [5, 5.41) is 0. The van der Waals surface area contributed by atoms with Gasteiger partial charge in [-0.25, -0.2) is 4.98 Å². The zero-order chi connectivity index (χ0) is 11.0. The van der Waals surface area contributed by atoms with Crippen molar-refractivity contribution in [2.24, 2.45) is 5.92 Å². The van der Waals surface area contributed by atoms with Gasteiger partial charge in [0.2, 0.25) is 0 Å². The number of carbonyl (C=O) groups is 1. The number of Topliss-reactive ketones (excluding diaryl/α,β-unsaturated/α-hetero) is 1. The Balaban J connectivity index is 1.71. The molecule has 0 N–H and O–H groups in total. The summed E-state index contributed by atoms with van der Waals surface area (Å²) in [4.78, 5) is 16.0. The second-order valence-electron chi connectivity index (χ2n) is 3.98. The van der Waals surface area contributed by atoms with Crippen molar-refractivity contribution < 1.29 is 4.79 Å². The van der Waals surface area contributed by atoms with Crippen LogP contribution in [0.4, 0.5) is 0 Å². The van der Waals surface area contributed by atoms with Crippen LogP contribution in [0, 0.1) is 5.92 Å². The van der Waals surface area contributed by atoms with Gasteiger partial charge in [0.1, 0.15) is 5.78 Å². The van der Waals surface area contributed by atoms with Gasteiger partial charge in [0.15, 0.2) is 4.34 Å². The summed E-state index contributed by atoms with van der Waals surface area (Å²) < 4.78 is 2.21. The minimum absolute atomic E-state index is 0.363. The van der Waals surface area contributed by atoms with Crippen LogP contribution in [0.15, 0.2) is 28.6 Å². The van der Waals surface area contributed by atoms with Crippen LogP contribution in [-0.4, -0.2) is 16.5 Å². The molecule has 16 heavy (non-hydrogen) atoms. The molecular weight excluding hydrogens is 238 g/mol. The van der Waals surface area contributed by atoms with Crippen molar-refractivity contribution in [1.29, 1.82) is 0 Å². The minimum atomic E-state index is 0.363. The van der Waals surface area contributed by atoms with Crippen LogP contribution in [0.2, 0.25) is 0 Å². The van der Waals surface area contributed by atoms with Crippen LogP contribution in [0.1, 0.15) is 12.8 Å². The van der Waals surface area contributed by atoms with Gasteiger partial charge < -0.3 is 0 Å². The molecule has 1 aliphatic rings. The molecule has 1 aromatic carbocycles. The SMILES string of the molecule is O=C(CSc1nc2ccccc2s1)C1CC1. The third-order valence-electron chi connectivity index (χ3n) is 2.64. The number of carbonyl (C=O) groups excluding carboxylic acids is 1. The molecule has 0 amide bonds. The first-order chi connectivity index (χ1) is 7.83. The molecule has 0 aliphatic heterocycles. The summed E-state index contributed by atoms with van der Waals surface area (Å²) in [5.41, 5.74) is 1.04. The lowest BCUT2D eigenvalue weighted by molar-refractivity contribution is -0.117. The topological polar surface area (TPSA) is 30.0 Å². The minimum Gasteiger partial charge on any atom is -0.298 e. The predicted molar refractivity (Wildman–Crippen MR) is 68.1 cm³/mol. The molecule has 0 bridgehead atoms. The van der Waals surface area contributed by atoms with Gasteiger partial charge >= 0.3 is 0 Å². The average Bonchev–Trinajstić information content (AvgIpc) is 3.06. The summed E-state index contributed by atoms with van der Waals surface area (Å²) in [7, 11) is 0. The second-order valence-corrected chi connectivity index (χ2v) is 6.23. The lowest BCUT2D eigenvalue weighted by Gasteiger charge is -1.94. The first-order valence-electron chi connectivity index (χ1n) is 5.34. The largest absolute Gasteiger partial charge is 0.298 e. The molecule has 0 spiro atoms. The highest BCUT2D eigenvalue weighted by molar-refractivity contribution is 8.01. The highest BCUT2D eigenvalue weighted by Gasteiger charge is 2.29. The Morgan fingerprint density at radius 2 is 2.25 bits per heavy atom. The van der Waals surface area contributed by atoms with Gasteiger partial charge in [-0.1, -0.05) is 23.9 Å². The number of nitrogens with zero attached hydrogens (tertiary/aromatic N) is 1. The zero-order valence-electron chi connectivity index (χ0n) is 8.68. The Morgan fingerprint density at radius 1 is 1.44 bits per heavy atom. The Kier molecular flexibility index (Phi) is 2.69. The maximum atomic E-state index is 11.5. The van der Waals surface area contributed by atoms with Gasteiger partial charge in [-0.15, -0.1) is 11.3 Å². The number of para-hydroxylation sites is 1. The number of aromatic nitrogens is 1. The van der Waals surface area contributed by atoms with Crippen molar-refractivity contribution in [3.63, 3.8) is 0 Å². The monoisotopic (exact) mass is 249 g/mol. The van der Waals surface area contributed by atoms with Crippen molar-refractivity contribution in [1.82, 2.24) is 4.98 Å². The lowest BCUT2D eigenvalue weighted by Crippen LogP contribution is -2.02. The highest BCUT2D eigenvalue weighted by Crippen LogP contribution is 2.34. The molecule has 0 saturated heterocycles. The normalized spacial score (nSPS) is 15.5. The molecule has 0 atom stereocenters. The van der Waals surface area contributed by atoms with E-state index >= 15 is 0 Å². The van der Waals surface area contributed by atoms with Gasteiger partial charge in [-0.2, -0.15) is 0 Å². The molecule has 1 heterocycles. The van der Waals surface area contributed by atoms with Gasteiger partial charge in [0.25, 0.3) is 0 Å². The molecular formula is C12H11NOS2. The number of thiazole rings is 1. The third-order valence-corrected chi connectivity index (χ3v) is 4.85. The standard InChI is InChI=1S/C12H11NOS2/c14-10(8-5-6-8)7-15-12-13-9-3-1-2-4-11(9)16-12/h1-4,8H,5-7H2. The first kappa shape index (κ1) is 10.3. The fourth-order valence-electron chi connectivity index (χ4n) is 1.57. The first-order valence-corrected chi connectivity index (χ1v) is 7.14. The summed E-state index contributed by atoms with van der Waals surface area (Å²) >= 11 is 3.25. The molecule has 82 valence electrons. The van der Waals surface area contributed by atoms with E-state index < -0.39 is 0 Å². The van der Waals surface area contributed by atoms with E-state index in [1.54, 1.807) is 23.1 Å². The third kappa shape index (κ3) is 2.13. The van der Waals surface area contributed by atoms with Gasteiger partial charge in [0, 0.05) is 5.92 Å². The Hall–Kier alpha value is -0.870. The predicted octanol–water partition coefficient (Wildman–Crippen LogP) is 3.37. The number of ketones is 1. The van der Waals surface area contributed by atoms with Crippen LogP contribution >= 0.6 is 23.1 Å². The summed E-state index contributed by atoms with van der Waals surface area (Å²) in [6.07, 6.45) is 2.19. The van der Waals surface area contributed by atoms with Gasteiger partial charge in [-0.05, 0) is 25.0 Å². The number of fused-ring (bicyclic) bond motifs is 1. The van der Waals surface area contributed by atoms with E-state index in [0.29, 0.717) is 17.5 Å². The Morgan fingerprint density at radius 3 is 3.00 bits per heavy atom. The highest BCUT2D eigenvalue weighted by atomic mass is 32.2. The fraction of sp³-hybridized carbons (Fsp3) is 0.333. The molecule has 3 rings (SSSR count). The molecule has 1 aromatic heterocycles. The zero-order valence-corrected chi connectivity index (χ0v) is 10.3. The molecule has 0 unspecified atom stereocenters. The maximum Gasteiger partial charge on any atom is 0.151 e. The number of benzene rings is 1. The van der Waals surface area contributed by atoms with Crippen molar-refractivity contribution >= 4 is 39.1 Å². The smallest absolute Gasteiger partial charge is 0.151 e. The summed E-state index contributed by atoms with van der Waals surface area (Å²) in [6, 6.07) is 8.09. The molecule has 0 radical (unpaired) electrons. The van der Waals surface area contributed by atoms with Crippen LogP contribution in [-0.2, 0) is 4.79 Å². The van der Waals surface area contributed by atoms with Crippen LogP contribution in [0.3, 0.4) is 0 Å². The maximum absolute atomic E-state index is 11.5. The molecule has 1 fully saturated rings. The lowest BCUT2D eigenvalue weighted by atomic mass is 10.3. The molecule has 2 nitrogen and oxygen atoms in total. The molecule has 1 aliphatic carbocycles. The quantitative estimate of drug-likeness (QED) is 0.778. The molecule has 4 heteroatoms. The summed E-state index contributed by atoms with van der Waals surface area (Å²) in [6.45, 7) is 0. The van der Waals surface area contributed by atoms with Crippen LogP contribution in [0.25, 0.3) is 10.2 Å².